The van der Waals surface area contributed by atoms with Gasteiger partial charge in [-0.25, -0.2) is 4.98 Å². The Hall–Kier alpha value is -2.34. The molecule has 1 aliphatic heterocycles. The van der Waals surface area contributed by atoms with Crippen LogP contribution in [0.15, 0.2) is 35.4 Å². The quantitative estimate of drug-likeness (QED) is 0.884. The van der Waals surface area contributed by atoms with Crippen molar-refractivity contribution in [2.24, 2.45) is 0 Å². The topological polar surface area (TPSA) is 59.4 Å². The first-order valence-corrected chi connectivity index (χ1v) is 9.57. The van der Waals surface area contributed by atoms with Crippen LogP contribution < -0.4 is 20.5 Å². The lowest BCUT2D eigenvalue weighted by atomic mass is 9.92. The Balaban J connectivity index is 1.39. The van der Waals surface area contributed by atoms with Crippen molar-refractivity contribution in [2.75, 3.05) is 37.7 Å². The number of nitrogens with one attached hydrogen (secondary N) is 1. The zero-order valence-electron chi connectivity index (χ0n) is 15.1. The highest BCUT2D eigenvalue weighted by Gasteiger charge is 2.16. The lowest BCUT2D eigenvalue weighted by molar-refractivity contribution is 0.295. The van der Waals surface area contributed by atoms with Crippen LogP contribution in [0.4, 0.5) is 5.82 Å². The fraction of sp³-hybridized carbons (Fsp3) is 0.500. The third-order valence-electron chi connectivity index (χ3n) is 5.23. The molecule has 0 bridgehead atoms. The monoisotopic (exact) mass is 354 g/mol. The minimum Gasteiger partial charge on any atom is -0.492 e. The Kier molecular flexibility index (Phi) is 5.20. The number of aryl methyl sites for hydroxylation is 2. The van der Waals surface area contributed by atoms with Crippen molar-refractivity contribution in [2.45, 2.75) is 32.2 Å². The number of nitrogens with zero attached hydrogens (tertiary/aromatic N) is 3. The standard InChI is InChI=1S/C20H26N4O2/c25-20-19(23-10-7-21-8-11-23)22-9-12-24(20)13-14-26-18-6-5-16-3-1-2-4-17(16)15-18/h5-6,9,12,15,21H,1-4,7-8,10-11,13-14H2. The fourth-order valence-electron chi connectivity index (χ4n) is 3.77. The van der Waals surface area contributed by atoms with Gasteiger partial charge in [0.05, 0.1) is 6.54 Å². The Morgan fingerprint density at radius 3 is 2.77 bits per heavy atom. The molecule has 1 aromatic heterocycles. The van der Waals surface area contributed by atoms with Gasteiger partial charge < -0.3 is 19.5 Å². The highest BCUT2D eigenvalue weighted by atomic mass is 16.5. The number of hydrogen-bond acceptors (Lipinski definition) is 5. The number of ether oxygens (including phenoxy) is 1. The van der Waals surface area contributed by atoms with E-state index in [0.717, 1.165) is 38.3 Å². The van der Waals surface area contributed by atoms with E-state index < -0.39 is 0 Å². The summed E-state index contributed by atoms with van der Waals surface area (Å²) in [6.45, 7) is 4.41. The van der Waals surface area contributed by atoms with Crippen LogP contribution in [0.5, 0.6) is 5.75 Å². The maximum Gasteiger partial charge on any atom is 0.293 e. The van der Waals surface area contributed by atoms with E-state index in [1.807, 2.05) is 6.07 Å². The normalized spacial score (nSPS) is 17.0. The van der Waals surface area contributed by atoms with Gasteiger partial charge in [-0.05, 0) is 48.9 Å². The van der Waals surface area contributed by atoms with Crippen LogP contribution in [-0.4, -0.2) is 42.3 Å². The van der Waals surface area contributed by atoms with E-state index in [0.29, 0.717) is 19.0 Å². The van der Waals surface area contributed by atoms with Crippen LogP contribution >= 0.6 is 0 Å². The van der Waals surface area contributed by atoms with Gasteiger partial charge in [-0.2, -0.15) is 0 Å². The maximum atomic E-state index is 12.7. The van der Waals surface area contributed by atoms with E-state index in [9.17, 15) is 4.79 Å². The van der Waals surface area contributed by atoms with Gasteiger partial charge >= 0.3 is 0 Å². The molecule has 4 rings (SSSR count). The SMILES string of the molecule is O=c1c(N2CCNCC2)nccn1CCOc1ccc2c(c1)CCCC2. The van der Waals surface area contributed by atoms with Crippen LogP contribution in [0.2, 0.25) is 0 Å². The molecule has 0 saturated carbocycles. The highest BCUT2D eigenvalue weighted by molar-refractivity contribution is 5.37. The first-order chi connectivity index (χ1) is 12.8. The molecule has 2 heterocycles. The molecule has 2 aromatic rings. The van der Waals surface area contributed by atoms with Gasteiger partial charge in [-0.15, -0.1) is 0 Å². The van der Waals surface area contributed by atoms with E-state index in [1.165, 1.54) is 30.4 Å². The molecule has 6 nitrogen and oxygen atoms in total. The molecule has 138 valence electrons. The molecule has 2 aliphatic rings. The largest absolute Gasteiger partial charge is 0.492 e. The summed E-state index contributed by atoms with van der Waals surface area (Å²) in [4.78, 5) is 19.0. The molecule has 1 aromatic carbocycles. The number of hydrogen-bond donors (Lipinski definition) is 1. The van der Waals surface area contributed by atoms with E-state index >= 15 is 0 Å². The van der Waals surface area contributed by atoms with Crippen LogP contribution in [0.25, 0.3) is 0 Å². The Bertz CT molecular complexity index is 812. The summed E-state index contributed by atoms with van der Waals surface area (Å²) in [7, 11) is 0. The van der Waals surface area contributed by atoms with Gasteiger partial charge in [0, 0.05) is 38.6 Å². The van der Waals surface area contributed by atoms with Gasteiger partial charge in [0.25, 0.3) is 5.56 Å². The third-order valence-corrected chi connectivity index (χ3v) is 5.23. The molecule has 1 N–H and O–H groups in total. The number of rotatable bonds is 5. The first kappa shape index (κ1) is 17.1. The predicted molar refractivity (Wildman–Crippen MR) is 102 cm³/mol. The number of fused-ring (bicyclic) bond motifs is 1. The summed E-state index contributed by atoms with van der Waals surface area (Å²) in [6.07, 6.45) is 8.31. The molecular formula is C20H26N4O2. The lowest BCUT2D eigenvalue weighted by Crippen LogP contribution is -2.46. The first-order valence-electron chi connectivity index (χ1n) is 9.57. The summed E-state index contributed by atoms with van der Waals surface area (Å²) in [5.41, 5.74) is 2.83. The number of piperazine rings is 1. The zero-order chi connectivity index (χ0) is 17.8. The summed E-state index contributed by atoms with van der Waals surface area (Å²) >= 11 is 0. The molecule has 6 heteroatoms. The van der Waals surface area contributed by atoms with E-state index in [-0.39, 0.29) is 5.56 Å². The molecule has 0 amide bonds. The fourth-order valence-corrected chi connectivity index (χ4v) is 3.77. The minimum absolute atomic E-state index is 0.0385. The number of benzene rings is 1. The van der Waals surface area contributed by atoms with Gasteiger partial charge in [0.15, 0.2) is 5.82 Å². The molecule has 0 spiro atoms. The van der Waals surface area contributed by atoms with Crippen molar-refractivity contribution >= 4 is 5.82 Å². The van der Waals surface area contributed by atoms with Crippen molar-refractivity contribution in [3.63, 3.8) is 0 Å². The molecular weight excluding hydrogens is 328 g/mol. The Labute approximate surface area is 153 Å². The summed E-state index contributed by atoms with van der Waals surface area (Å²) < 4.78 is 7.61. The van der Waals surface area contributed by atoms with E-state index in [4.69, 9.17) is 4.74 Å². The van der Waals surface area contributed by atoms with Crippen LogP contribution in [0.3, 0.4) is 0 Å². The average Bonchev–Trinajstić information content (AvgIpc) is 2.70. The molecule has 1 aliphatic carbocycles. The molecule has 0 radical (unpaired) electrons. The number of anilines is 1. The molecule has 1 fully saturated rings. The van der Waals surface area contributed by atoms with Crippen molar-refractivity contribution < 1.29 is 4.74 Å². The van der Waals surface area contributed by atoms with Crippen LogP contribution in [0, 0.1) is 0 Å². The average molecular weight is 354 g/mol. The van der Waals surface area contributed by atoms with E-state index in [2.05, 4.69) is 27.3 Å². The van der Waals surface area contributed by atoms with Crippen LogP contribution in [0.1, 0.15) is 24.0 Å². The van der Waals surface area contributed by atoms with Crippen molar-refractivity contribution in [1.29, 1.82) is 0 Å². The second-order valence-corrected chi connectivity index (χ2v) is 6.97. The van der Waals surface area contributed by atoms with Crippen molar-refractivity contribution in [1.82, 2.24) is 14.9 Å². The summed E-state index contributed by atoms with van der Waals surface area (Å²) in [5, 5.41) is 3.29. The summed E-state index contributed by atoms with van der Waals surface area (Å²) in [6, 6.07) is 6.40. The Morgan fingerprint density at radius 2 is 1.92 bits per heavy atom. The zero-order valence-corrected chi connectivity index (χ0v) is 15.1. The maximum absolute atomic E-state index is 12.7. The smallest absolute Gasteiger partial charge is 0.293 e. The molecule has 1 saturated heterocycles. The highest BCUT2D eigenvalue weighted by Crippen LogP contribution is 2.25. The van der Waals surface area contributed by atoms with Gasteiger partial charge in [-0.1, -0.05) is 6.07 Å². The molecule has 0 unspecified atom stereocenters. The predicted octanol–water partition coefficient (Wildman–Crippen LogP) is 1.61. The van der Waals surface area contributed by atoms with Gasteiger partial charge in [0.1, 0.15) is 12.4 Å². The second kappa shape index (κ2) is 7.91. The molecule has 26 heavy (non-hydrogen) atoms. The summed E-state index contributed by atoms with van der Waals surface area (Å²) in [5.74, 6) is 1.44. The van der Waals surface area contributed by atoms with Gasteiger partial charge in [0.2, 0.25) is 0 Å². The third kappa shape index (κ3) is 3.75. The lowest BCUT2D eigenvalue weighted by Gasteiger charge is -2.27. The Morgan fingerprint density at radius 1 is 1.12 bits per heavy atom. The van der Waals surface area contributed by atoms with Crippen LogP contribution in [-0.2, 0) is 19.4 Å². The van der Waals surface area contributed by atoms with Crippen molar-refractivity contribution in [3.8, 4) is 5.75 Å². The van der Waals surface area contributed by atoms with Gasteiger partial charge in [-0.3, -0.25) is 4.79 Å². The van der Waals surface area contributed by atoms with E-state index in [1.54, 1.807) is 17.0 Å². The van der Waals surface area contributed by atoms with Crippen molar-refractivity contribution in [3.05, 3.63) is 52.1 Å². The number of aromatic nitrogens is 2. The second-order valence-electron chi connectivity index (χ2n) is 6.97. The molecule has 0 atom stereocenters. The minimum atomic E-state index is -0.0385.